The molecule has 2 aromatic carbocycles. The van der Waals surface area contributed by atoms with Gasteiger partial charge in [-0.15, -0.1) is 0 Å². The van der Waals surface area contributed by atoms with E-state index in [1.165, 1.54) is 6.92 Å². The fraction of sp³-hybridized carbons (Fsp3) is 0.300. The minimum Gasteiger partial charge on any atom is -0.548 e. The average Bonchev–Trinajstić information content (AvgIpc) is 2.62. The van der Waals surface area contributed by atoms with Gasteiger partial charge in [-0.05, 0) is 31.4 Å². The first-order chi connectivity index (χ1) is 11.8. The molecule has 0 unspecified atom stereocenters. The van der Waals surface area contributed by atoms with Gasteiger partial charge in [-0.2, -0.15) is 5.26 Å². The van der Waals surface area contributed by atoms with Gasteiger partial charge in [-0.3, -0.25) is 0 Å². The maximum atomic E-state index is 10.7. The molecule has 0 aromatic heterocycles. The van der Waals surface area contributed by atoms with Gasteiger partial charge in [0.15, 0.2) is 0 Å². The van der Waals surface area contributed by atoms with Crippen molar-refractivity contribution >= 4 is 5.97 Å². The highest BCUT2D eigenvalue weighted by Gasteiger charge is 2.25. The minimum atomic E-state index is -1.44. The first-order valence-corrected chi connectivity index (χ1v) is 8.03. The Morgan fingerprint density at radius 2 is 1.68 bits per heavy atom. The van der Waals surface area contributed by atoms with Gasteiger partial charge >= 0.3 is 0 Å². The van der Waals surface area contributed by atoms with Gasteiger partial charge in [-0.25, -0.2) is 0 Å². The van der Waals surface area contributed by atoms with E-state index in [2.05, 4.69) is 5.73 Å². The molecule has 5 heteroatoms. The van der Waals surface area contributed by atoms with Gasteiger partial charge in [-0.1, -0.05) is 60.7 Å². The third-order valence-electron chi connectivity index (χ3n) is 3.78. The van der Waals surface area contributed by atoms with Gasteiger partial charge in [0, 0.05) is 0 Å². The van der Waals surface area contributed by atoms with Crippen molar-refractivity contribution in [1.82, 2.24) is 0 Å². The Labute approximate surface area is 148 Å². The van der Waals surface area contributed by atoms with E-state index in [0.717, 1.165) is 11.1 Å². The van der Waals surface area contributed by atoms with Crippen LogP contribution in [0.3, 0.4) is 0 Å². The zero-order valence-corrected chi connectivity index (χ0v) is 14.6. The summed E-state index contributed by atoms with van der Waals surface area (Å²) in [6.45, 7) is 3.27. The van der Waals surface area contributed by atoms with Gasteiger partial charge < -0.3 is 20.7 Å². The Kier molecular flexibility index (Phi) is 7.80. The molecule has 0 fully saturated rings. The molecule has 3 atom stereocenters. The molecular weight excluding hydrogens is 316 g/mol. The summed E-state index contributed by atoms with van der Waals surface area (Å²) in [4.78, 5) is 10.7. The lowest BCUT2D eigenvalue weighted by Crippen LogP contribution is -2.61. The molecule has 0 amide bonds. The van der Waals surface area contributed by atoms with Crippen molar-refractivity contribution in [3.05, 3.63) is 71.8 Å². The Morgan fingerprint density at radius 1 is 1.20 bits per heavy atom. The van der Waals surface area contributed by atoms with Gasteiger partial charge in [0.1, 0.15) is 12.1 Å². The number of quaternary nitrogens is 1. The number of benzene rings is 2. The smallest absolute Gasteiger partial charge is 0.130 e. The summed E-state index contributed by atoms with van der Waals surface area (Å²) in [5, 5.41) is 29.0. The lowest BCUT2D eigenvalue weighted by atomic mass is 9.85. The fourth-order valence-corrected chi connectivity index (χ4v) is 2.14. The second-order valence-electron chi connectivity index (χ2n) is 6.23. The first kappa shape index (κ1) is 20.4. The molecule has 0 spiro atoms. The van der Waals surface area contributed by atoms with Crippen LogP contribution in [0.15, 0.2) is 60.7 Å². The quantitative estimate of drug-likeness (QED) is 0.840. The van der Waals surface area contributed by atoms with E-state index in [9.17, 15) is 15.0 Å². The van der Waals surface area contributed by atoms with Gasteiger partial charge in [0.2, 0.25) is 0 Å². The molecule has 0 saturated carbocycles. The van der Waals surface area contributed by atoms with E-state index in [-0.39, 0.29) is 12.5 Å². The third-order valence-corrected chi connectivity index (χ3v) is 3.78. The van der Waals surface area contributed by atoms with Crippen LogP contribution in [0.1, 0.15) is 31.1 Å². The van der Waals surface area contributed by atoms with Crippen LogP contribution in [-0.2, 0) is 11.2 Å². The molecule has 2 rings (SSSR count). The van der Waals surface area contributed by atoms with Crippen molar-refractivity contribution in [3.8, 4) is 6.07 Å². The van der Waals surface area contributed by atoms with Crippen molar-refractivity contribution in [2.75, 3.05) is 0 Å². The number of carbonyl (C=O) groups is 1. The van der Waals surface area contributed by atoms with E-state index in [1.54, 1.807) is 18.2 Å². The number of aliphatic carboxylic acids is 1. The number of aliphatic hydroxyl groups excluding tert-OH is 1. The molecule has 25 heavy (non-hydrogen) atoms. The SMILES string of the molecule is C[C@H]([NH3+])[C@H](O)c1ccccc1.C[C@](C#N)(Cc1ccccc1)C(=O)[O-]. The van der Waals surface area contributed by atoms with Crippen LogP contribution in [0.5, 0.6) is 0 Å². The number of carbonyl (C=O) groups excluding carboxylic acids is 1. The van der Waals surface area contributed by atoms with Gasteiger partial charge in [0.05, 0.1) is 17.5 Å². The van der Waals surface area contributed by atoms with Gasteiger partial charge in [0.25, 0.3) is 0 Å². The summed E-state index contributed by atoms with van der Waals surface area (Å²) >= 11 is 0. The fourth-order valence-electron chi connectivity index (χ4n) is 2.14. The molecule has 132 valence electrons. The molecular formula is C20H24N2O3. The number of carboxylic acids is 1. The van der Waals surface area contributed by atoms with E-state index >= 15 is 0 Å². The summed E-state index contributed by atoms with van der Waals surface area (Å²) in [5.41, 5.74) is 4.08. The second kappa shape index (κ2) is 9.58. The Balaban J connectivity index is 0.000000257. The zero-order valence-electron chi connectivity index (χ0n) is 14.6. The highest BCUT2D eigenvalue weighted by molar-refractivity contribution is 5.75. The summed E-state index contributed by atoms with van der Waals surface area (Å²) in [6.07, 6.45) is -0.261. The van der Waals surface area contributed by atoms with Crippen molar-refractivity contribution in [3.63, 3.8) is 0 Å². The largest absolute Gasteiger partial charge is 0.548 e. The number of aliphatic hydroxyl groups is 1. The van der Waals surface area contributed by atoms with Crippen LogP contribution in [-0.4, -0.2) is 17.1 Å². The molecule has 0 aliphatic carbocycles. The van der Waals surface area contributed by atoms with Crippen molar-refractivity contribution < 1.29 is 20.7 Å². The average molecular weight is 340 g/mol. The number of nitriles is 1. The number of carboxylic acid groups (broad SMARTS) is 1. The van der Waals surface area contributed by atoms with Crippen LogP contribution >= 0.6 is 0 Å². The molecule has 0 aliphatic heterocycles. The van der Waals surface area contributed by atoms with E-state index < -0.39 is 17.5 Å². The van der Waals surface area contributed by atoms with Crippen LogP contribution < -0.4 is 10.8 Å². The van der Waals surface area contributed by atoms with Crippen LogP contribution in [0.25, 0.3) is 0 Å². The van der Waals surface area contributed by atoms with Crippen molar-refractivity contribution in [2.45, 2.75) is 32.4 Å². The number of hydrogen-bond donors (Lipinski definition) is 2. The molecule has 2 aromatic rings. The van der Waals surface area contributed by atoms with Crippen LogP contribution in [0.2, 0.25) is 0 Å². The van der Waals surface area contributed by atoms with Crippen molar-refractivity contribution in [1.29, 1.82) is 5.26 Å². The third kappa shape index (κ3) is 6.38. The maximum Gasteiger partial charge on any atom is 0.130 e. The lowest BCUT2D eigenvalue weighted by Gasteiger charge is -2.22. The molecule has 5 nitrogen and oxygen atoms in total. The van der Waals surface area contributed by atoms with Crippen molar-refractivity contribution in [2.24, 2.45) is 5.41 Å². The Hall–Kier alpha value is -2.68. The highest BCUT2D eigenvalue weighted by atomic mass is 16.4. The van der Waals surface area contributed by atoms with Crippen LogP contribution in [0.4, 0.5) is 0 Å². The summed E-state index contributed by atoms with van der Waals surface area (Å²) in [5.74, 6) is -1.33. The highest BCUT2D eigenvalue weighted by Crippen LogP contribution is 2.20. The predicted octanol–water partition coefficient (Wildman–Crippen LogP) is 0.859. The normalized spacial score (nSPS) is 14.8. The summed E-state index contributed by atoms with van der Waals surface area (Å²) in [7, 11) is 0. The predicted molar refractivity (Wildman–Crippen MR) is 92.6 cm³/mol. The van der Waals surface area contributed by atoms with Crippen LogP contribution in [0, 0.1) is 16.7 Å². The standard InChI is InChI=1S/C11H11NO2.C9H13NO/c1-11(8-12,10(13)14)7-9-5-3-2-4-6-9;1-7(10)9(11)8-5-3-2-4-6-8/h2-6H,7H2,1H3,(H,13,14);2-7,9,11H,10H2,1H3/t11-;7-,9-/m10/s1. The number of nitrogens with zero attached hydrogens (tertiary/aromatic N) is 1. The van der Waals surface area contributed by atoms with E-state index in [4.69, 9.17) is 5.26 Å². The molecule has 0 saturated heterocycles. The molecule has 0 bridgehead atoms. The Morgan fingerprint density at radius 3 is 2.08 bits per heavy atom. The summed E-state index contributed by atoms with van der Waals surface area (Å²) < 4.78 is 0. The monoisotopic (exact) mass is 340 g/mol. The van der Waals surface area contributed by atoms with E-state index in [1.807, 2.05) is 55.5 Å². The lowest BCUT2D eigenvalue weighted by molar-refractivity contribution is -0.433. The minimum absolute atomic E-state index is 0.0393. The Bertz CT molecular complexity index is 696. The topological polar surface area (TPSA) is 112 Å². The molecule has 4 N–H and O–H groups in total. The van der Waals surface area contributed by atoms with E-state index in [0.29, 0.717) is 0 Å². The maximum absolute atomic E-state index is 10.7. The molecule has 0 aliphatic rings. The number of hydrogen-bond acceptors (Lipinski definition) is 4. The second-order valence-corrected chi connectivity index (χ2v) is 6.23. The molecule has 0 heterocycles. The summed E-state index contributed by atoms with van der Waals surface area (Å²) in [6, 6.07) is 20.4. The molecule has 0 radical (unpaired) electrons. The number of rotatable bonds is 5. The zero-order chi connectivity index (χ0) is 18.9. The first-order valence-electron chi connectivity index (χ1n) is 8.03.